The summed E-state index contributed by atoms with van der Waals surface area (Å²) in [6, 6.07) is 13.5. The second-order valence-electron chi connectivity index (χ2n) is 6.95. The van der Waals surface area contributed by atoms with E-state index in [0.717, 1.165) is 23.6 Å². The van der Waals surface area contributed by atoms with Crippen molar-refractivity contribution in [2.24, 2.45) is 0 Å². The standard InChI is InChI=1S/C22H22ClN/c1-14-6-9-20(17(10-14)13-24-18-7-8-18)16-11-15(2)19-4-3-5-22(23)21(19)12-16/h3-6,9-11,18,24H,2,7-8,12-13H2,1H3. The topological polar surface area (TPSA) is 12.0 Å². The van der Waals surface area contributed by atoms with Gasteiger partial charge in [0.15, 0.2) is 0 Å². The van der Waals surface area contributed by atoms with Crippen LogP contribution in [0.2, 0.25) is 5.02 Å². The summed E-state index contributed by atoms with van der Waals surface area (Å²) >= 11 is 6.46. The molecular formula is C22H22ClN. The second kappa shape index (κ2) is 6.23. The fourth-order valence-electron chi connectivity index (χ4n) is 3.47. The van der Waals surface area contributed by atoms with Crippen LogP contribution in [0, 0.1) is 6.92 Å². The number of halogens is 1. The Morgan fingerprint density at radius 2 is 2.00 bits per heavy atom. The van der Waals surface area contributed by atoms with E-state index in [1.165, 1.54) is 46.2 Å². The third-order valence-electron chi connectivity index (χ3n) is 4.95. The highest BCUT2D eigenvalue weighted by Gasteiger charge is 2.22. The third kappa shape index (κ3) is 3.07. The molecule has 0 saturated heterocycles. The lowest BCUT2D eigenvalue weighted by molar-refractivity contribution is 0.686. The van der Waals surface area contributed by atoms with Crippen LogP contribution in [0.25, 0.3) is 11.1 Å². The predicted molar refractivity (Wildman–Crippen MR) is 103 cm³/mol. The van der Waals surface area contributed by atoms with E-state index in [-0.39, 0.29) is 0 Å². The Kier molecular flexibility index (Phi) is 4.07. The summed E-state index contributed by atoms with van der Waals surface area (Å²) in [6.45, 7) is 7.34. The highest BCUT2D eigenvalue weighted by atomic mass is 35.5. The van der Waals surface area contributed by atoms with Gasteiger partial charge >= 0.3 is 0 Å². The lowest BCUT2D eigenvalue weighted by Crippen LogP contribution is -2.17. The average molecular weight is 336 g/mol. The zero-order valence-corrected chi connectivity index (χ0v) is 14.8. The van der Waals surface area contributed by atoms with E-state index in [1.807, 2.05) is 12.1 Å². The van der Waals surface area contributed by atoms with Crippen LogP contribution in [-0.4, -0.2) is 6.04 Å². The molecular weight excluding hydrogens is 314 g/mol. The quantitative estimate of drug-likeness (QED) is 0.772. The molecule has 2 aliphatic rings. The molecule has 24 heavy (non-hydrogen) atoms. The fraction of sp³-hybridized carbons (Fsp3) is 0.273. The fourth-order valence-corrected chi connectivity index (χ4v) is 3.71. The van der Waals surface area contributed by atoms with E-state index in [0.29, 0.717) is 6.04 Å². The van der Waals surface area contributed by atoms with Crippen LogP contribution in [0.5, 0.6) is 0 Å². The number of fused-ring (bicyclic) bond motifs is 1. The molecule has 2 heteroatoms. The molecule has 0 amide bonds. The highest BCUT2D eigenvalue weighted by molar-refractivity contribution is 6.31. The Bertz CT molecular complexity index is 843. The largest absolute Gasteiger partial charge is 0.310 e. The van der Waals surface area contributed by atoms with Crippen LogP contribution >= 0.6 is 11.6 Å². The van der Waals surface area contributed by atoms with Crippen molar-refractivity contribution in [2.75, 3.05) is 0 Å². The van der Waals surface area contributed by atoms with Crippen LogP contribution in [0.1, 0.15) is 40.7 Å². The molecule has 1 saturated carbocycles. The zero-order valence-electron chi connectivity index (χ0n) is 14.0. The SMILES string of the molecule is C=C1C=C(c2ccc(C)cc2CNC2CC2)Cc2c(Cl)cccc21. The maximum absolute atomic E-state index is 6.46. The minimum atomic E-state index is 0.712. The highest BCUT2D eigenvalue weighted by Crippen LogP contribution is 2.37. The van der Waals surface area contributed by atoms with Crippen LogP contribution in [-0.2, 0) is 13.0 Å². The number of rotatable bonds is 4. The van der Waals surface area contributed by atoms with Gasteiger partial charge in [-0.15, -0.1) is 0 Å². The van der Waals surface area contributed by atoms with Crippen molar-refractivity contribution >= 4 is 22.7 Å². The molecule has 2 aliphatic carbocycles. The predicted octanol–water partition coefficient (Wildman–Crippen LogP) is 5.55. The number of hydrogen-bond donors (Lipinski definition) is 1. The van der Waals surface area contributed by atoms with Crippen LogP contribution in [0.3, 0.4) is 0 Å². The first-order valence-electron chi connectivity index (χ1n) is 8.62. The summed E-state index contributed by atoms with van der Waals surface area (Å²) in [5.74, 6) is 0. The van der Waals surface area contributed by atoms with Crippen molar-refractivity contribution in [1.29, 1.82) is 0 Å². The van der Waals surface area contributed by atoms with Gasteiger partial charge in [0.05, 0.1) is 0 Å². The molecule has 2 aromatic rings. The minimum absolute atomic E-state index is 0.712. The molecule has 0 spiro atoms. The van der Waals surface area contributed by atoms with Gasteiger partial charge in [-0.25, -0.2) is 0 Å². The normalized spacial score (nSPS) is 16.8. The number of hydrogen-bond acceptors (Lipinski definition) is 1. The lowest BCUT2D eigenvalue weighted by atomic mass is 9.84. The summed E-state index contributed by atoms with van der Waals surface area (Å²) in [4.78, 5) is 0. The van der Waals surface area contributed by atoms with Crippen molar-refractivity contribution in [3.05, 3.63) is 81.9 Å². The van der Waals surface area contributed by atoms with Gasteiger partial charge in [0.2, 0.25) is 0 Å². The van der Waals surface area contributed by atoms with Crippen molar-refractivity contribution < 1.29 is 0 Å². The summed E-state index contributed by atoms with van der Waals surface area (Å²) in [5.41, 5.74) is 8.74. The van der Waals surface area contributed by atoms with Crippen molar-refractivity contribution in [2.45, 2.75) is 38.8 Å². The van der Waals surface area contributed by atoms with Crippen LogP contribution in [0.4, 0.5) is 0 Å². The molecule has 1 fully saturated rings. The van der Waals surface area contributed by atoms with Crippen LogP contribution in [0.15, 0.2) is 49.1 Å². The summed E-state index contributed by atoms with van der Waals surface area (Å²) in [7, 11) is 0. The molecule has 1 N–H and O–H groups in total. The van der Waals surface area contributed by atoms with E-state index in [1.54, 1.807) is 0 Å². The van der Waals surface area contributed by atoms with E-state index in [2.05, 4.69) is 49.2 Å². The average Bonchev–Trinajstić information content (AvgIpc) is 3.38. The zero-order chi connectivity index (χ0) is 16.7. The Morgan fingerprint density at radius 1 is 1.17 bits per heavy atom. The molecule has 0 aliphatic heterocycles. The van der Waals surface area contributed by atoms with E-state index >= 15 is 0 Å². The summed E-state index contributed by atoms with van der Waals surface area (Å²) in [6.07, 6.45) is 5.71. The first kappa shape index (κ1) is 15.7. The van der Waals surface area contributed by atoms with E-state index in [4.69, 9.17) is 11.6 Å². The Hall–Kier alpha value is -1.83. The molecule has 0 aromatic heterocycles. The molecule has 0 unspecified atom stereocenters. The van der Waals surface area contributed by atoms with E-state index < -0.39 is 0 Å². The van der Waals surface area contributed by atoms with Gasteiger partial charge in [0.25, 0.3) is 0 Å². The number of allylic oxidation sites excluding steroid dienone is 3. The summed E-state index contributed by atoms with van der Waals surface area (Å²) in [5, 5.41) is 4.48. The minimum Gasteiger partial charge on any atom is -0.310 e. The van der Waals surface area contributed by atoms with Gasteiger partial charge in [-0.2, -0.15) is 0 Å². The monoisotopic (exact) mass is 335 g/mol. The molecule has 1 nitrogen and oxygen atoms in total. The molecule has 0 bridgehead atoms. The lowest BCUT2D eigenvalue weighted by Gasteiger charge is -2.22. The molecule has 2 aromatic carbocycles. The van der Waals surface area contributed by atoms with Gasteiger partial charge in [0.1, 0.15) is 0 Å². The maximum Gasteiger partial charge on any atom is 0.0447 e. The third-order valence-corrected chi connectivity index (χ3v) is 5.30. The summed E-state index contributed by atoms with van der Waals surface area (Å²) < 4.78 is 0. The number of benzene rings is 2. The number of nitrogens with one attached hydrogen (secondary N) is 1. The molecule has 0 atom stereocenters. The first-order chi connectivity index (χ1) is 11.6. The van der Waals surface area contributed by atoms with Gasteiger partial charge in [-0.05, 0) is 59.2 Å². The van der Waals surface area contributed by atoms with Crippen molar-refractivity contribution in [3.63, 3.8) is 0 Å². The van der Waals surface area contributed by atoms with Crippen molar-refractivity contribution in [1.82, 2.24) is 5.32 Å². The van der Waals surface area contributed by atoms with E-state index in [9.17, 15) is 0 Å². The molecule has 4 rings (SSSR count). The Labute approximate surface area is 149 Å². The van der Waals surface area contributed by atoms with Gasteiger partial charge in [-0.1, -0.05) is 60.2 Å². The first-order valence-corrected chi connectivity index (χ1v) is 9.00. The second-order valence-corrected chi connectivity index (χ2v) is 7.36. The van der Waals surface area contributed by atoms with Gasteiger partial charge in [-0.3, -0.25) is 0 Å². The molecule has 0 heterocycles. The smallest absolute Gasteiger partial charge is 0.0447 e. The van der Waals surface area contributed by atoms with Gasteiger partial charge in [0, 0.05) is 24.0 Å². The number of aryl methyl sites for hydroxylation is 1. The molecule has 0 radical (unpaired) electrons. The van der Waals surface area contributed by atoms with Crippen molar-refractivity contribution in [3.8, 4) is 0 Å². The molecule has 122 valence electrons. The van der Waals surface area contributed by atoms with Crippen LogP contribution < -0.4 is 5.32 Å². The maximum atomic E-state index is 6.46. The van der Waals surface area contributed by atoms with Gasteiger partial charge < -0.3 is 5.32 Å². The Balaban J connectivity index is 1.71. The Morgan fingerprint density at radius 3 is 2.79 bits per heavy atom.